The zero-order chi connectivity index (χ0) is 12.1. The van der Waals surface area contributed by atoms with Gasteiger partial charge in [0, 0.05) is 5.41 Å². The summed E-state index contributed by atoms with van der Waals surface area (Å²) in [5.74, 6) is 0. The van der Waals surface area contributed by atoms with Crippen molar-refractivity contribution in [2.24, 2.45) is 0 Å². The minimum atomic E-state index is -0.174. The van der Waals surface area contributed by atoms with Gasteiger partial charge >= 0.3 is 0 Å². The first-order valence-corrected chi connectivity index (χ1v) is 7.26. The lowest BCUT2D eigenvalue weighted by molar-refractivity contribution is 0.587. The largest absolute Gasteiger partial charge is 0.228 e. The number of nitrogens with zero attached hydrogens (tertiary/aromatic N) is 2. The van der Waals surface area contributed by atoms with Gasteiger partial charge in [0.05, 0.1) is 4.75 Å². The zero-order valence-corrected chi connectivity index (χ0v) is 12.7. The lowest BCUT2D eigenvalue weighted by atomic mass is 9.98. The summed E-state index contributed by atoms with van der Waals surface area (Å²) in [5.41, 5.74) is 0.113. The molecular formula is C11H16N2S3. The summed E-state index contributed by atoms with van der Waals surface area (Å²) in [6.07, 6.45) is 0. The van der Waals surface area contributed by atoms with Gasteiger partial charge in [0.25, 0.3) is 0 Å². The number of thiazole rings is 2. The van der Waals surface area contributed by atoms with Crippen molar-refractivity contribution in [1.29, 1.82) is 0 Å². The van der Waals surface area contributed by atoms with Gasteiger partial charge in [-0.25, -0.2) is 9.97 Å². The molecule has 0 aliphatic rings. The Morgan fingerprint density at radius 1 is 0.875 bits per heavy atom. The molecular weight excluding hydrogens is 256 g/mol. The van der Waals surface area contributed by atoms with Gasteiger partial charge in [-0.05, 0) is 13.8 Å². The molecule has 0 unspecified atom stereocenters. The summed E-state index contributed by atoms with van der Waals surface area (Å²) in [7, 11) is 0. The summed E-state index contributed by atoms with van der Waals surface area (Å²) in [5, 5.41) is 2.20. The highest BCUT2D eigenvalue weighted by molar-refractivity contribution is 7.81. The van der Waals surface area contributed by atoms with Gasteiger partial charge in [0.2, 0.25) is 0 Å². The minimum Gasteiger partial charge on any atom is -0.228 e. The average molecular weight is 272 g/mol. The topological polar surface area (TPSA) is 25.8 Å². The van der Waals surface area contributed by atoms with E-state index >= 15 is 0 Å². The predicted molar refractivity (Wildman–Crippen MR) is 76.0 cm³/mol. The van der Waals surface area contributed by atoms with Crippen LogP contribution >= 0.6 is 35.3 Å². The summed E-state index contributed by atoms with van der Waals surface area (Å²) in [6.45, 7) is 10.7. The highest BCUT2D eigenvalue weighted by atomic mass is 32.1. The molecule has 0 bridgehead atoms. The molecule has 0 radical (unpaired) electrons. The van der Waals surface area contributed by atoms with E-state index in [1.54, 1.807) is 22.7 Å². The van der Waals surface area contributed by atoms with Crippen LogP contribution in [0, 0.1) is 0 Å². The van der Waals surface area contributed by atoms with Crippen LogP contribution in [0.2, 0.25) is 0 Å². The fourth-order valence-corrected chi connectivity index (χ4v) is 3.51. The van der Waals surface area contributed by atoms with E-state index in [1.807, 2.05) is 0 Å². The van der Waals surface area contributed by atoms with Crippen molar-refractivity contribution < 1.29 is 0 Å². The molecule has 0 aliphatic carbocycles. The molecule has 0 amide bonds. The quantitative estimate of drug-likeness (QED) is 0.787. The zero-order valence-electron chi connectivity index (χ0n) is 10.2. The highest BCUT2D eigenvalue weighted by Gasteiger charge is 2.24. The van der Waals surface area contributed by atoms with E-state index in [9.17, 15) is 0 Å². The molecule has 0 aromatic carbocycles. The number of hydrogen-bond acceptors (Lipinski definition) is 5. The van der Waals surface area contributed by atoms with Crippen LogP contribution in [0.3, 0.4) is 0 Å². The molecule has 0 saturated heterocycles. The van der Waals surface area contributed by atoms with Gasteiger partial charge in [-0.1, -0.05) is 43.4 Å². The summed E-state index contributed by atoms with van der Waals surface area (Å²) >= 11 is 7.89. The lowest BCUT2D eigenvalue weighted by Crippen LogP contribution is -2.10. The molecule has 0 fully saturated rings. The van der Waals surface area contributed by atoms with Crippen LogP contribution in [0.5, 0.6) is 0 Å². The summed E-state index contributed by atoms with van der Waals surface area (Å²) in [6, 6.07) is 0. The van der Waals surface area contributed by atoms with Crippen LogP contribution in [0.4, 0.5) is 0 Å². The molecule has 0 aliphatic heterocycles. The Hall–Kier alpha value is -0.130. The second-order valence-electron chi connectivity index (χ2n) is 5.46. The molecule has 2 aromatic heterocycles. The van der Waals surface area contributed by atoms with E-state index in [2.05, 4.69) is 57.2 Å². The van der Waals surface area contributed by atoms with Gasteiger partial charge in [-0.3, -0.25) is 0 Å². The van der Waals surface area contributed by atoms with Crippen molar-refractivity contribution in [2.45, 2.75) is 44.8 Å². The SMILES string of the molecule is CC(C)(C)c1nc2sc(C(C)(C)S)nc2s1. The first kappa shape index (κ1) is 12.3. The maximum atomic E-state index is 4.66. The molecule has 0 saturated carbocycles. The molecule has 16 heavy (non-hydrogen) atoms. The van der Waals surface area contributed by atoms with Gasteiger partial charge in [-0.15, -0.1) is 0 Å². The fourth-order valence-electron chi connectivity index (χ4n) is 1.22. The fraction of sp³-hybridized carbons (Fsp3) is 0.636. The Morgan fingerprint density at radius 2 is 1.31 bits per heavy atom. The minimum absolute atomic E-state index is 0.113. The monoisotopic (exact) mass is 272 g/mol. The van der Waals surface area contributed by atoms with Crippen molar-refractivity contribution >= 4 is 45.0 Å². The van der Waals surface area contributed by atoms with Crippen LogP contribution in [0.15, 0.2) is 0 Å². The molecule has 2 heterocycles. The molecule has 5 heteroatoms. The number of rotatable bonds is 1. The Kier molecular flexibility index (Phi) is 2.84. The first-order valence-electron chi connectivity index (χ1n) is 5.18. The van der Waals surface area contributed by atoms with E-state index in [0.29, 0.717) is 0 Å². The van der Waals surface area contributed by atoms with Crippen molar-refractivity contribution in [1.82, 2.24) is 9.97 Å². The second kappa shape index (κ2) is 3.68. The molecule has 2 nitrogen and oxygen atoms in total. The van der Waals surface area contributed by atoms with Gasteiger partial charge in [0.15, 0.2) is 9.66 Å². The number of fused-ring (bicyclic) bond motifs is 1. The van der Waals surface area contributed by atoms with Gasteiger partial charge < -0.3 is 0 Å². The maximum Gasteiger partial charge on any atom is 0.155 e. The lowest BCUT2D eigenvalue weighted by Gasteiger charge is -2.14. The van der Waals surface area contributed by atoms with E-state index in [4.69, 9.17) is 0 Å². The normalized spacial score (nSPS) is 13.6. The van der Waals surface area contributed by atoms with Crippen LogP contribution < -0.4 is 0 Å². The first-order chi connectivity index (χ1) is 7.18. The highest BCUT2D eigenvalue weighted by Crippen LogP contribution is 2.38. The second-order valence-corrected chi connectivity index (χ2v) is 8.53. The molecule has 0 atom stereocenters. The average Bonchev–Trinajstić information content (AvgIpc) is 2.53. The molecule has 88 valence electrons. The third kappa shape index (κ3) is 2.26. The van der Waals surface area contributed by atoms with E-state index in [1.165, 1.54) is 0 Å². The van der Waals surface area contributed by atoms with Gasteiger partial charge in [0.1, 0.15) is 10.0 Å². The summed E-state index contributed by atoms with van der Waals surface area (Å²) < 4.78 is -0.174. The van der Waals surface area contributed by atoms with Crippen LogP contribution in [0.1, 0.15) is 44.6 Å². The van der Waals surface area contributed by atoms with E-state index in [0.717, 1.165) is 19.7 Å². The van der Waals surface area contributed by atoms with Crippen molar-refractivity contribution in [3.63, 3.8) is 0 Å². The Labute approximate surface area is 110 Å². The number of hydrogen-bond donors (Lipinski definition) is 1. The van der Waals surface area contributed by atoms with Crippen LogP contribution in [0.25, 0.3) is 9.66 Å². The van der Waals surface area contributed by atoms with Gasteiger partial charge in [-0.2, -0.15) is 12.6 Å². The van der Waals surface area contributed by atoms with E-state index in [-0.39, 0.29) is 10.2 Å². The van der Waals surface area contributed by atoms with Crippen molar-refractivity contribution in [3.05, 3.63) is 10.0 Å². The molecule has 0 N–H and O–H groups in total. The van der Waals surface area contributed by atoms with Crippen molar-refractivity contribution in [3.8, 4) is 0 Å². The van der Waals surface area contributed by atoms with E-state index < -0.39 is 0 Å². The Bertz CT molecular complexity index is 436. The molecule has 0 spiro atoms. The Morgan fingerprint density at radius 3 is 1.75 bits per heavy atom. The third-order valence-electron chi connectivity index (χ3n) is 2.14. The van der Waals surface area contributed by atoms with Crippen LogP contribution in [-0.2, 0) is 10.2 Å². The standard InChI is InChI=1S/C11H16N2S3/c1-10(2,3)8-12-6-7(15-8)13-9(16-6)11(4,5)14/h14H,1-5H3. The summed E-state index contributed by atoms with van der Waals surface area (Å²) in [4.78, 5) is 11.4. The Balaban J connectivity index is 2.49. The number of thiol groups is 1. The molecule has 2 aromatic rings. The van der Waals surface area contributed by atoms with Crippen LogP contribution in [-0.4, -0.2) is 9.97 Å². The number of aromatic nitrogens is 2. The molecule has 2 rings (SSSR count). The maximum absolute atomic E-state index is 4.66. The smallest absolute Gasteiger partial charge is 0.155 e. The third-order valence-corrected chi connectivity index (χ3v) is 5.28. The van der Waals surface area contributed by atoms with Crippen molar-refractivity contribution in [2.75, 3.05) is 0 Å². The predicted octanol–water partition coefficient (Wildman–Crippen LogP) is 4.22.